The molecule has 0 aliphatic heterocycles. The van der Waals surface area contributed by atoms with E-state index in [0.717, 1.165) is 16.7 Å². The number of aromatic nitrogens is 2. The Morgan fingerprint density at radius 1 is 0.395 bits per heavy atom. The summed E-state index contributed by atoms with van der Waals surface area (Å²) >= 11 is 0. The zero-order chi connectivity index (χ0) is 28.1. The highest BCUT2D eigenvalue weighted by Crippen LogP contribution is 2.49. The molecule has 0 N–H and O–H groups in total. The molecule has 0 amide bonds. The molecule has 1 aliphatic rings. The van der Waals surface area contributed by atoms with Crippen LogP contribution in [0.4, 0.5) is 0 Å². The lowest BCUT2D eigenvalue weighted by molar-refractivity contribution is 1.18. The van der Waals surface area contributed by atoms with E-state index in [2.05, 4.69) is 138 Å². The van der Waals surface area contributed by atoms with Gasteiger partial charge in [0.15, 0.2) is 0 Å². The van der Waals surface area contributed by atoms with E-state index >= 15 is 0 Å². The van der Waals surface area contributed by atoms with Crippen molar-refractivity contribution in [1.29, 1.82) is 0 Å². The summed E-state index contributed by atoms with van der Waals surface area (Å²) < 4.78 is 2.40. The van der Waals surface area contributed by atoms with Crippen LogP contribution in [0.2, 0.25) is 0 Å². The maximum absolute atomic E-state index is 4.93. The van der Waals surface area contributed by atoms with Gasteiger partial charge in [-0.3, -0.25) is 4.98 Å². The quantitative estimate of drug-likeness (QED) is 0.198. The van der Waals surface area contributed by atoms with Gasteiger partial charge in [-0.2, -0.15) is 0 Å². The van der Waals surface area contributed by atoms with Gasteiger partial charge in [-0.05, 0) is 84.6 Å². The Bertz CT molecular complexity index is 2570. The van der Waals surface area contributed by atoms with Gasteiger partial charge in [-0.1, -0.05) is 115 Å². The van der Waals surface area contributed by atoms with Gasteiger partial charge >= 0.3 is 0 Å². The first-order valence-electron chi connectivity index (χ1n) is 14.8. The maximum Gasteiger partial charge on any atom is 0.0969 e. The molecule has 7 aromatic carbocycles. The molecule has 0 saturated carbocycles. The van der Waals surface area contributed by atoms with E-state index in [1.54, 1.807) is 0 Å². The Balaban J connectivity index is 1.22. The minimum atomic E-state index is 1.04. The summed E-state index contributed by atoms with van der Waals surface area (Å²) in [5.74, 6) is 0. The molecule has 2 nitrogen and oxygen atoms in total. The molecule has 2 heteroatoms. The van der Waals surface area contributed by atoms with Gasteiger partial charge in [0.05, 0.1) is 16.6 Å². The van der Waals surface area contributed by atoms with Gasteiger partial charge in [-0.25, -0.2) is 0 Å². The van der Waals surface area contributed by atoms with Crippen molar-refractivity contribution in [3.05, 3.63) is 146 Å². The second-order valence-corrected chi connectivity index (χ2v) is 11.5. The molecule has 0 fully saturated rings. The van der Waals surface area contributed by atoms with Gasteiger partial charge < -0.3 is 4.57 Å². The van der Waals surface area contributed by atoms with Crippen LogP contribution in [0.5, 0.6) is 0 Å². The van der Waals surface area contributed by atoms with E-state index < -0.39 is 0 Å². The molecular weight excluding hydrogens is 520 g/mol. The smallest absolute Gasteiger partial charge is 0.0969 e. The second-order valence-electron chi connectivity index (χ2n) is 11.5. The summed E-state index contributed by atoms with van der Waals surface area (Å²) in [5, 5.41) is 8.88. The van der Waals surface area contributed by atoms with Crippen LogP contribution in [-0.4, -0.2) is 9.55 Å². The standard InChI is InChI=1S/C41H24N2/c1-2-10-29-28(9-1)33-16-7-15-32-27(22-23-35(29)38(32)33)25-18-20-26(21-19-25)43-37-17-8-24-42-40(37)39-34-13-5-3-11-30(34)31-12-4-6-14-36(31)41(39)43/h1-24H. The van der Waals surface area contributed by atoms with E-state index in [1.165, 1.54) is 76.6 Å². The van der Waals surface area contributed by atoms with E-state index in [9.17, 15) is 0 Å². The molecular formula is C41H24N2. The molecule has 0 radical (unpaired) electrons. The molecule has 0 unspecified atom stereocenters. The van der Waals surface area contributed by atoms with Crippen LogP contribution in [-0.2, 0) is 0 Å². The largest absolute Gasteiger partial charge is 0.307 e. The highest BCUT2D eigenvalue weighted by molar-refractivity contribution is 6.31. The SMILES string of the molecule is c1ccc2c(c1)-c1cccc3c(-c4ccc(-n5c6cccnc6c6c7ccccc7c7ccccc7c65)cc4)ccc-2c13. The topological polar surface area (TPSA) is 17.8 Å². The van der Waals surface area contributed by atoms with Crippen LogP contribution < -0.4 is 0 Å². The Kier molecular flexibility index (Phi) is 4.48. The molecule has 0 spiro atoms. The normalized spacial score (nSPS) is 12.2. The van der Waals surface area contributed by atoms with Gasteiger partial charge in [0.2, 0.25) is 0 Å². The lowest BCUT2D eigenvalue weighted by atomic mass is 9.94. The Hall–Kier alpha value is -5.73. The minimum absolute atomic E-state index is 1.04. The summed E-state index contributed by atoms with van der Waals surface area (Å²) in [4.78, 5) is 4.93. The summed E-state index contributed by atoms with van der Waals surface area (Å²) in [7, 11) is 0. The summed E-state index contributed by atoms with van der Waals surface area (Å²) in [6.07, 6.45) is 1.91. The van der Waals surface area contributed by atoms with Gasteiger partial charge in [0.25, 0.3) is 0 Å². The molecule has 43 heavy (non-hydrogen) atoms. The molecule has 9 aromatic rings. The first kappa shape index (κ1) is 22.9. The van der Waals surface area contributed by atoms with Crippen molar-refractivity contribution >= 4 is 54.3 Å². The number of pyridine rings is 1. The van der Waals surface area contributed by atoms with Crippen molar-refractivity contribution in [2.45, 2.75) is 0 Å². The minimum Gasteiger partial charge on any atom is -0.307 e. The van der Waals surface area contributed by atoms with Crippen LogP contribution in [0.25, 0.3) is 93.3 Å². The predicted molar refractivity (Wildman–Crippen MR) is 181 cm³/mol. The highest BCUT2D eigenvalue weighted by Gasteiger charge is 2.23. The molecule has 2 heterocycles. The van der Waals surface area contributed by atoms with Crippen LogP contribution in [0.3, 0.4) is 0 Å². The molecule has 0 bridgehead atoms. The fourth-order valence-electron chi connectivity index (χ4n) is 7.60. The van der Waals surface area contributed by atoms with E-state index in [4.69, 9.17) is 4.98 Å². The third-order valence-electron chi connectivity index (χ3n) is 9.38. The lowest BCUT2D eigenvalue weighted by Crippen LogP contribution is -1.95. The van der Waals surface area contributed by atoms with Crippen LogP contribution in [0.1, 0.15) is 0 Å². The Labute approximate surface area is 248 Å². The molecule has 198 valence electrons. The van der Waals surface area contributed by atoms with E-state index in [-0.39, 0.29) is 0 Å². The van der Waals surface area contributed by atoms with Crippen LogP contribution in [0, 0.1) is 0 Å². The van der Waals surface area contributed by atoms with E-state index in [0.29, 0.717) is 0 Å². The highest BCUT2D eigenvalue weighted by atomic mass is 15.0. The fraction of sp³-hybridized carbons (Fsp3) is 0. The molecule has 1 aliphatic carbocycles. The second kappa shape index (κ2) is 8.40. The van der Waals surface area contributed by atoms with Crippen molar-refractivity contribution in [3.63, 3.8) is 0 Å². The zero-order valence-electron chi connectivity index (χ0n) is 23.3. The number of hydrogen-bond acceptors (Lipinski definition) is 1. The molecule has 0 atom stereocenters. The van der Waals surface area contributed by atoms with Gasteiger partial charge in [-0.15, -0.1) is 0 Å². The average Bonchev–Trinajstić information content (AvgIpc) is 3.60. The fourth-order valence-corrected chi connectivity index (χ4v) is 7.60. The third kappa shape index (κ3) is 2.99. The van der Waals surface area contributed by atoms with E-state index in [1.807, 2.05) is 12.3 Å². The van der Waals surface area contributed by atoms with Crippen molar-refractivity contribution in [1.82, 2.24) is 9.55 Å². The molecule has 0 saturated heterocycles. The van der Waals surface area contributed by atoms with Crippen LogP contribution >= 0.6 is 0 Å². The maximum atomic E-state index is 4.93. The van der Waals surface area contributed by atoms with Gasteiger partial charge in [0, 0.05) is 22.7 Å². The van der Waals surface area contributed by atoms with Gasteiger partial charge in [0.1, 0.15) is 0 Å². The summed E-state index contributed by atoms with van der Waals surface area (Å²) in [5.41, 5.74) is 12.3. The number of nitrogens with zero attached hydrogens (tertiary/aromatic N) is 2. The number of rotatable bonds is 2. The summed E-state index contributed by atoms with van der Waals surface area (Å²) in [6, 6.07) is 50.9. The third-order valence-corrected chi connectivity index (χ3v) is 9.38. The average molecular weight is 545 g/mol. The molecule has 2 aromatic heterocycles. The molecule has 10 rings (SSSR count). The van der Waals surface area contributed by atoms with Crippen LogP contribution in [0.15, 0.2) is 146 Å². The lowest BCUT2D eigenvalue weighted by Gasteiger charge is -2.13. The number of benzene rings is 7. The monoisotopic (exact) mass is 544 g/mol. The number of fused-ring (bicyclic) bond motifs is 11. The first-order valence-corrected chi connectivity index (χ1v) is 14.8. The first-order chi connectivity index (χ1) is 21.4. The zero-order valence-corrected chi connectivity index (χ0v) is 23.3. The Morgan fingerprint density at radius 2 is 1.00 bits per heavy atom. The van der Waals surface area contributed by atoms with Crippen molar-refractivity contribution in [2.24, 2.45) is 0 Å². The predicted octanol–water partition coefficient (Wildman–Crippen LogP) is 11.0. The van der Waals surface area contributed by atoms with Crippen molar-refractivity contribution in [2.75, 3.05) is 0 Å². The number of hydrogen-bond donors (Lipinski definition) is 0. The Morgan fingerprint density at radius 3 is 1.79 bits per heavy atom. The van der Waals surface area contributed by atoms with Crippen molar-refractivity contribution < 1.29 is 0 Å². The summed E-state index contributed by atoms with van der Waals surface area (Å²) in [6.45, 7) is 0. The van der Waals surface area contributed by atoms with Crippen molar-refractivity contribution in [3.8, 4) is 39.1 Å².